The van der Waals surface area contributed by atoms with Crippen molar-refractivity contribution in [1.29, 1.82) is 0 Å². The number of nitrogens with two attached hydrogens (primary N) is 1. The normalized spacial score (nSPS) is 22.5. The van der Waals surface area contributed by atoms with E-state index in [1.54, 1.807) is 0 Å². The van der Waals surface area contributed by atoms with Crippen LogP contribution in [-0.4, -0.2) is 43.3 Å². The highest BCUT2D eigenvalue weighted by molar-refractivity contribution is 5.85. The molecule has 4 rings (SSSR count). The molecule has 2 heterocycles. The van der Waals surface area contributed by atoms with E-state index < -0.39 is 5.60 Å². The molecule has 8 nitrogen and oxygen atoms in total. The van der Waals surface area contributed by atoms with E-state index in [0.717, 1.165) is 70.4 Å². The minimum atomic E-state index is -0.436. The van der Waals surface area contributed by atoms with Gasteiger partial charge in [-0.15, -0.1) is 12.4 Å². The number of aryl methyl sites for hydroxylation is 4. The molecule has 2 aromatic heterocycles. The Bertz CT molecular complexity index is 1060. The van der Waals surface area contributed by atoms with E-state index in [1.165, 1.54) is 48.5 Å². The Hall–Kier alpha value is -2.06. The molecule has 0 bridgehead atoms. The molecule has 0 aromatic carbocycles. The molecule has 0 spiro atoms. The molecule has 2 saturated carbocycles. The van der Waals surface area contributed by atoms with Gasteiger partial charge in [-0.2, -0.15) is 10.2 Å². The Morgan fingerprint density at radius 1 is 0.810 bits per heavy atom. The quantitative estimate of drug-likeness (QED) is 0.319. The summed E-state index contributed by atoms with van der Waals surface area (Å²) in [5, 5.41) is 12.4. The maximum absolute atomic E-state index is 11.9. The van der Waals surface area contributed by atoms with Crippen LogP contribution < -0.4 is 11.1 Å². The summed E-state index contributed by atoms with van der Waals surface area (Å²) in [5.41, 5.74) is 10.7. The predicted molar refractivity (Wildman–Crippen MR) is 174 cm³/mol. The minimum Gasteiger partial charge on any atom is -0.444 e. The van der Waals surface area contributed by atoms with Gasteiger partial charge in [0.25, 0.3) is 0 Å². The van der Waals surface area contributed by atoms with E-state index in [1.807, 2.05) is 20.8 Å². The number of alkyl carbamates (subject to hydrolysis) is 1. The lowest BCUT2D eigenvalue weighted by atomic mass is 9.86. The number of hydrogen-bond acceptors (Lipinski definition) is 5. The van der Waals surface area contributed by atoms with E-state index in [-0.39, 0.29) is 24.5 Å². The summed E-state index contributed by atoms with van der Waals surface area (Å²) in [7, 11) is 0. The van der Waals surface area contributed by atoms with Crippen LogP contribution in [0.1, 0.15) is 123 Å². The molecule has 0 aliphatic heterocycles. The number of ether oxygens (including phenoxy) is 1. The number of nitrogens with zero attached hydrogens (tertiary/aromatic N) is 4. The van der Waals surface area contributed by atoms with Crippen LogP contribution in [0.25, 0.3) is 0 Å². The van der Waals surface area contributed by atoms with Crippen LogP contribution in [0.5, 0.6) is 0 Å². The molecule has 0 atom stereocenters. The zero-order chi connectivity index (χ0) is 30.0. The first-order valence-corrected chi connectivity index (χ1v) is 16.4. The van der Waals surface area contributed by atoms with Gasteiger partial charge in [-0.1, -0.05) is 27.7 Å². The molecule has 2 fully saturated rings. The fourth-order valence-electron chi connectivity index (χ4n) is 6.08. The smallest absolute Gasteiger partial charge is 0.407 e. The highest BCUT2D eigenvalue weighted by Gasteiger charge is 2.25. The number of nitrogens with one attached hydrogen (secondary N) is 1. The number of hydrogen-bond donors (Lipinski definition) is 2. The highest BCUT2D eigenvalue weighted by Crippen LogP contribution is 2.27. The maximum atomic E-state index is 11.9. The van der Waals surface area contributed by atoms with Gasteiger partial charge in [0.05, 0.1) is 11.4 Å². The van der Waals surface area contributed by atoms with Crippen LogP contribution in [0.4, 0.5) is 4.79 Å². The lowest BCUT2D eigenvalue weighted by molar-refractivity contribution is 0.0485. The molecule has 2 aliphatic carbocycles. The Kier molecular flexibility index (Phi) is 14.9. The summed E-state index contributed by atoms with van der Waals surface area (Å²) < 4.78 is 9.78. The van der Waals surface area contributed by atoms with Crippen LogP contribution in [0.15, 0.2) is 12.1 Å². The van der Waals surface area contributed by atoms with Gasteiger partial charge in [-0.3, -0.25) is 9.36 Å². The standard InChI is InChI=1S/C19H33N3O2.C14H25N3.ClH/c1-6-15-12-17(7-2)22(21-15)13-14-8-10-16(11-9-14)20-18(23)24-19(3,4)5;1-3-13-9-14(4-2)17(16-13)10-11-5-7-12(15)8-6-11;/h12,14,16H,6-11,13H2,1-5H3,(H,20,23);9,11-12H,3-8,10,15H2,1-2H3;1H. The van der Waals surface area contributed by atoms with Gasteiger partial charge in [0.1, 0.15) is 5.60 Å². The molecule has 0 saturated heterocycles. The molecule has 2 aromatic rings. The highest BCUT2D eigenvalue weighted by atomic mass is 35.5. The number of carbonyl (C=O) groups excluding carboxylic acids is 1. The van der Waals surface area contributed by atoms with E-state index in [9.17, 15) is 4.79 Å². The van der Waals surface area contributed by atoms with E-state index in [0.29, 0.717) is 12.0 Å². The first kappa shape index (κ1) is 36.1. The largest absolute Gasteiger partial charge is 0.444 e. The zero-order valence-electron chi connectivity index (χ0n) is 27.5. The second-order valence-corrected chi connectivity index (χ2v) is 13.2. The lowest BCUT2D eigenvalue weighted by Gasteiger charge is -2.30. The molecule has 1 amide bonds. The molecule has 9 heteroatoms. The van der Waals surface area contributed by atoms with Gasteiger partial charge >= 0.3 is 6.09 Å². The van der Waals surface area contributed by atoms with Gasteiger partial charge in [0.2, 0.25) is 0 Å². The number of aromatic nitrogens is 4. The van der Waals surface area contributed by atoms with Gasteiger partial charge in [-0.25, -0.2) is 4.79 Å². The fraction of sp³-hybridized carbons (Fsp3) is 0.788. The van der Waals surface area contributed by atoms with Crippen molar-refractivity contribution < 1.29 is 9.53 Å². The summed E-state index contributed by atoms with van der Waals surface area (Å²) in [6.45, 7) is 16.5. The Labute approximate surface area is 261 Å². The summed E-state index contributed by atoms with van der Waals surface area (Å²) in [6.07, 6.45) is 13.1. The van der Waals surface area contributed by atoms with Crippen molar-refractivity contribution in [3.63, 3.8) is 0 Å². The molecule has 0 radical (unpaired) electrons. The van der Waals surface area contributed by atoms with Crippen molar-refractivity contribution in [1.82, 2.24) is 24.9 Å². The number of halogens is 1. The van der Waals surface area contributed by atoms with Gasteiger partial charge in [0, 0.05) is 36.6 Å². The van der Waals surface area contributed by atoms with Crippen LogP contribution in [0.3, 0.4) is 0 Å². The summed E-state index contributed by atoms with van der Waals surface area (Å²) in [6, 6.07) is 5.18. The molecule has 240 valence electrons. The summed E-state index contributed by atoms with van der Waals surface area (Å²) >= 11 is 0. The Morgan fingerprint density at radius 2 is 1.24 bits per heavy atom. The minimum absolute atomic E-state index is 0. The molecule has 0 unspecified atom stereocenters. The van der Waals surface area contributed by atoms with Crippen LogP contribution >= 0.6 is 12.4 Å². The average molecular weight is 607 g/mol. The molecular weight excluding hydrogens is 548 g/mol. The zero-order valence-corrected chi connectivity index (χ0v) is 28.3. The molecule has 42 heavy (non-hydrogen) atoms. The number of rotatable bonds is 9. The lowest BCUT2D eigenvalue weighted by Crippen LogP contribution is -2.41. The molecule has 3 N–H and O–H groups in total. The fourth-order valence-corrected chi connectivity index (χ4v) is 6.08. The maximum Gasteiger partial charge on any atom is 0.407 e. The topological polar surface area (TPSA) is 100.0 Å². The predicted octanol–water partition coefficient (Wildman–Crippen LogP) is 7.04. The first-order valence-electron chi connectivity index (χ1n) is 16.4. The van der Waals surface area contributed by atoms with E-state index in [4.69, 9.17) is 20.7 Å². The van der Waals surface area contributed by atoms with Crippen molar-refractivity contribution >= 4 is 18.5 Å². The average Bonchev–Trinajstić information content (AvgIpc) is 3.53. The Morgan fingerprint density at radius 3 is 1.62 bits per heavy atom. The van der Waals surface area contributed by atoms with E-state index >= 15 is 0 Å². The van der Waals surface area contributed by atoms with Crippen LogP contribution in [-0.2, 0) is 43.5 Å². The second kappa shape index (κ2) is 17.3. The van der Waals surface area contributed by atoms with Crippen molar-refractivity contribution in [2.75, 3.05) is 0 Å². The molecule has 2 aliphatic rings. The molecular formula is C33H59ClN6O2. The third-order valence-corrected chi connectivity index (χ3v) is 8.60. The summed E-state index contributed by atoms with van der Waals surface area (Å²) in [4.78, 5) is 11.9. The van der Waals surface area contributed by atoms with Crippen molar-refractivity contribution in [3.05, 3.63) is 34.9 Å². The van der Waals surface area contributed by atoms with Crippen molar-refractivity contribution in [3.8, 4) is 0 Å². The third kappa shape index (κ3) is 11.6. The van der Waals surface area contributed by atoms with E-state index in [2.05, 4.69) is 54.5 Å². The third-order valence-electron chi connectivity index (χ3n) is 8.60. The number of carbonyl (C=O) groups is 1. The number of amides is 1. The first-order chi connectivity index (χ1) is 19.5. The van der Waals surface area contributed by atoms with Gasteiger partial charge < -0.3 is 15.8 Å². The van der Waals surface area contributed by atoms with Crippen molar-refractivity contribution in [2.24, 2.45) is 17.6 Å². The van der Waals surface area contributed by atoms with Gasteiger partial charge in [0.15, 0.2) is 0 Å². The summed E-state index contributed by atoms with van der Waals surface area (Å²) in [5.74, 6) is 1.43. The Balaban J connectivity index is 0.000000302. The van der Waals surface area contributed by atoms with Crippen LogP contribution in [0.2, 0.25) is 0 Å². The van der Waals surface area contributed by atoms with Gasteiger partial charge in [-0.05, 0) is 122 Å². The SMILES string of the molecule is CCc1cc(CC)n(CC2CCC(N)CC2)n1.CCc1cc(CC)n(CC2CCC(NC(=O)OC(C)(C)C)CC2)n1.Cl. The van der Waals surface area contributed by atoms with Crippen LogP contribution in [0, 0.1) is 11.8 Å². The van der Waals surface area contributed by atoms with Crippen molar-refractivity contribution in [2.45, 2.75) is 156 Å². The monoisotopic (exact) mass is 606 g/mol. The second-order valence-electron chi connectivity index (χ2n) is 13.2.